The second-order valence-corrected chi connectivity index (χ2v) is 5.93. The number of hydrogen-bond donors (Lipinski definition) is 1. The van der Waals surface area contributed by atoms with Crippen molar-refractivity contribution in [2.45, 2.75) is 27.2 Å². The van der Waals surface area contributed by atoms with Gasteiger partial charge < -0.3 is 5.32 Å². The fourth-order valence-electron chi connectivity index (χ4n) is 1.83. The van der Waals surface area contributed by atoms with E-state index in [1.165, 1.54) is 5.57 Å². The Bertz CT molecular complexity index is 499. The van der Waals surface area contributed by atoms with E-state index < -0.39 is 0 Å². The molecule has 1 aromatic rings. The third kappa shape index (κ3) is 5.06. The molecular formula is C15H21BrN2O2. The summed E-state index contributed by atoms with van der Waals surface area (Å²) in [7, 11) is 0. The monoisotopic (exact) mass is 340 g/mol. The first-order valence-corrected chi connectivity index (χ1v) is 7.60. The van der Waals surface area contributed by atoms with Gasteiger partial charge in [0, 0.05) is 17.1 Å². The summed E-state index contributed by atoms with van der Waals surface area (Å²) in [6.45, 7) is 8.03. The molecule has 0 fully saturated rings. The molecule has 0 amide bonds. The molecule has 0 aromatic heterocycles. The first kappa shape index (κ1) is 16.9. The lowest BCUT2D eigenvalue weighted by atomic mass is 9.99. The highest BCUT2D eigenvalue weighted by Gasteiger charge is 2.14. The van der Waals surface area contributed by atoms with Crippen LogP contribution in [-0.2, 0) is 0 Å². The van der Waals surface area contributed by atoms with Crippen LogP contribution in [0.1, 0.15) is 32.8 Å². The summed E-state index contributed by atoms with van der Waals surface area (Å²) < 4.78 is 0.719. The van der Waals surface area contributed by atoms with Gasteiger partial charge >= 0.3 is 0 Å². The molecule has 4 nitrogen and oxygen atoms in total. The SMILES string of the molecule is CCCNC/C(=C/c1ccc(Br)cc1[N+](=O)[O-])C(C)C. The molecule has 0 radical (unpaired) electrons. The lowest BCUT2D eigenvalue weighted by Crippen LogP contribution is -2.20. The number of rotatable bonds is 7. The Balaban J connectivity index is 3.07. The van der Waals surface area contributed by atoms with Gasteiger partial charge in [0.2, 0.25) is 0 Å². The molecule has 0 bridgehead atoms. The van der Waals surface area contributed by atoms with Crippen LogP contribution in [0.25, 0.3) is 6.08 Å². The highest BCUT2D eigenvalue weighted by atomic mass is 79.9. The van der Waals surface area contributed by atoms with Gasteiger partial charge in [-0.1, -0.05) is 42.3 Å². The van der Waals surface area contributed by atoms with Crippen LogP contribution in [0.4, 0.5) is 5.69 Å². The third-order valence-corrected chi connectivity index (χ3v) is 3.52. The molecular weight excluding hydrogens is 320 g/mol. The minimum Gasteiger partial charge on any atom is -0.313 e. The summed E-state index contributed by atoms with van der Waals surface area (Å²) in [5.74, 6) is 0.350. The fourth-order valence-corrected chi connectivity index (χ4v) is 2.18. The van der Waals surface area contributed by atoms with E-state index in [9.17, 15) is 10.1 Å². The molecule has 0 atom stereocenters. The van der Waals surface area contributed by atoms with Gasteiger partial charge in [-0.15, -0.1) is 0 Å². The molecule has 0 aliphatic heterocycles. The molecule has 0 unspecified atom stereocenters. The predicted molar refractivity (Wildman–Crippen MR) is 86.8 cm³/mol. The van der Waals surface area contributed by atoms with Gasteiger partial charge in [0.05, 0.1) is 10.5 Å². The van der Waals surface area contributed by atoms with Crippen LogP contribution in [0.5, 0.6) is 0 Å². The summed E-state index contributed by atoms with van der Waals surface area (Å²) in [6.07, 6.45) is 3.00. The highest BCUT2D eigenvalue weighted by Crippen LogP contribution is 2.26. The largest absolute Gasteiger partial charge is 0.313 e. The maximum absolute atomic E-state index is 11.1. The number of nitrogens with zero attached hydrogens (tertiary/aromatic N) is 1. The molecule has 1 rings (SSSR count). The van der Waals surface area contributed by atoms with Gasteiger partial charge in [-0.05, 0) is 37.1 Å². The van der Waals surface area contributed by atoms with E-state index in [1.807, 2.05) is 12.1 Å². The Morgan fingerprint density at radius 2 is 2.20 bits per heavy atom. The number of nitrogens with one attached hydrogen (secondary N) is 1. The van der Waals surface area contributed by atoms with Gasteiger partial charge in [0.15, 0.2) is 0 Å². The van der Waals surface area contributed by atoms with Gasteiger partial charge in [0.1, 0.15) is 0 Å². The molecule has 0 spiro atoms. The molecule has 0 heterocycles. The Hall–Kier alpha value is -1.20. The van der Waals surface area contributed by atoms with Crippen LogP contribution in [-0.4, -0.2) is 18.0 Å². The second kappa shape index (κ2) is 8.17. The zero-order valence-corrected chi connectivity index (χ0v) is 13.7. The smallest absolute Gasteiger partial charge is 0.277 e. The summed E-state index contributed by atoms with van der Waals surface area (Å²) in [4.78, 5) is 10.8. The van der Waals surface area contributed by atoms with Crippen LogP contribution in [0.2, 0.25) is 0 Å². The van der Waals surface area contributed by atoms with Crippen molar-refractivity contribution in [3.63, 3.8) is 0 Å². The highest BCUT2D eigenvalue weighted by molar-refractivity contribution is 9.10. The molecule has 0 aliphatic rings. The zero-order chi connectivity index (χ0) is 15.1. The first-order valence-electron chi connectivity index (χ1n) is 6.80. The van der Waals surface area contributed by atoms with E-state index in [4.69, 9.17) is 0 Å². The number of nitro benzene ring substituents is 1. The van der Waals surface area contributed by atoms with E-state index in [0.717, 1.165) is 24.0 Å². The van der Waals surface area contributed by atoms with Gasteiger partial charge in [-0.25, -0.2) is 0 Å². The number of nitro groups is 1. The van der Waals surface area contributed by atoms with Crippen molar-refractivity contribution < 1.29 is 4.92 Å². The van der Waals surface area contributed by atoms with Gasteiger partial charge in [-0.2, -0.15) is 0 Å². The van der Waals surface area contributed by atoms with Crippen LogP contribution >= 0.6 is 15.9 Å². The third-order valence-electron chi connectivity index (χ3n) is 3.03. The average Bonchev–Trinajstić information content (AvgIpc) is 2.39. The van der Waals surface area contributed by atoms with E-state index in [1.54, 1.807) is 12.1 Å². The van der Waals surface area contributed by atoms with E-state index in [-0.39, 0.29) is 10.6 Å². The first-order chi connectivity index (χ1) is 9.45. The van der Waals surface area contributed by atoms with Crippen LogP contribution in [0.15, 0.2) is 28.2 Å². The standard InChI is InChI=1S/C15H21BrN2O2/c1-4-7-17-10-13(11(2)3)8-12-5-6-14(16)9-15(12)18(19)20/h5-6,8-9,11,17H,4,7,10H2,1-3H3/b13-8-. The summed E-state index contributed by atoms with van der Waals surface area (Å²) in [5, 5.41) is 14.5. The molecule has 1 aromatic carbocycles. The van der Waals surface area contributed by atoms with Crippen LogP contribution in [0.3, 0.4) is 0 Å². The summed E-state index contributed by atoms with van der Waals surface area (Å²) in [6, 6.07) is 5.16. The van der Waals surface area contributed by atoms with Crippen LogP contribution < -0.4 is 5.32 Å². The fraction of sp³-hybridized carbons (Fsp3) is 0.467. The van der Waals surface area contributed by atoms with Crippen molar-refractivity contribution in [3.8, 4) is 0 Å². The summed E-state index contributed by atoms with van der Waals surface area (Å²) in [5.41, 5.74) is 1.96. The lowest BCUT2D eigenvalue weighted by Gasteiger charge is -2.12. The minimum absolute atomic E-state index is 0.132. The van der Waals surface area contributed by atoms with Crippen LogP contribution in [0, 0.1) is 16.0 Å². The molecule has 0 saturated heterocycles. The van der Waals surface area contributed by atoms with E-state index in [2.05, 4.69) is 42.0 Å². The normalized spacial score (nSPS) is 11.9. The molecule has 110 valence electrons. The number of halogens is 1. The Morgan fingerprint density at radius 3 is 2.75 bits per heavy atom. The van der Waals surface area contributed by atoms with Gasteiger partial charge in [0.25, 0.3) is 5.69 Å². The maximum Gasteiger partial charge on any atom is 0.277 e. The Morgan fingerprint density at radius 1 is 1.50 bits per heavy atom. The molecule has 1 N–H and O–H groups in total. The lowest BCUT2D eigenvalue weighted by molar-refractivity contribution is -0.385. The Kier molecular flexibility index (Phi) is 6.88. The van der Waals surface area contributed by atoms with Crippen molar-refractivity contribution in [2.24, 2.45) is 5.92 Å². The topological polar surface area (TPSA) is 55.2 Å². The van der Waals surface area contributed by atoms with Crippen molar-refractivity contribution in [1.82, 2.24) is 5.32 Å². The predicted octanol–water partition coefficient (Wildman–Crippen LogP) is 4.40. The Labute approximate surface area is 128 Å². The number of hydrogen-bond acceptors (Lipinski definition) is 3. The van der Waals surface area contributed by atoms with Crippen molar-refractivity contribution in [1.29, 1.82) is 0 Å². The average molecular weight is 341 g/mol. The molecule has 0 aliphatic carbocycles. The second-order valence-electron chi connectivity index (χ2n) is 5.01. The van der Waals surface area contributed by atoms with Crippen molar-refractivity contribution in [2.75, 3.05) is 13.1 Å². The number of benzene rings is 1. The van der Waals surface area contributed by atoms with E-state index in [0.29, 0.717) is 11.5 Å². The summed E-state index contributed by atoms with van der Waals surface area (Å²) >= 11 is 3.27. The quantitative estimate of drug-likeness (QED) is 0.454. The van der Waals surface area contributed by atoms with Crippen molar-refractivity contribution >= 4 is 27.7 Å². The molecule has 0 saturated carbocycles. The molecule has 20 heavy (non-hydrogen) atoms. The molecule has 5 heteroatoms. The maximum atomic E-state index is 11.1. The zero-order valence-electron chi connectivity index (χ0n) is 12.1. The minimum atomic E-state index is -0.339. The van der Waals surface area contributed by atoms with Gasteiger partial charge in [-0.3, -0.25) is 10.1 Å². The van der Waals surface area contributed by atoms with Crippen molar-refractivity contribution in [3.05, 3.63) is 43.9 Å². The van der Waals surface area contributed by atoms with E-state index >= 15 is 0 Å².